The summed E-state index contributed by atoms with van der Waals surface area (Å²) in [5, 5.41) is 33.0. The number of aromatic nitrogens is 2. The molecule has 0 saturated carbocycles. The molecule has 3 rings (SSSR count). The molecule has 0 fully saturated rings. The van der Waals surface area contributed by atoms with E-state index in [9.17, 15) is 33.2 Å². The molecule has 3 aromatic rings. The molecule has 0 amide bonds. The topological polar surface area (TPSA) is 118 Å². The summed E-state index contributed by atoms with van der Waals surface area (Å²) in [6.45, 7) is 0. The predicted molar refractivity (Wildman–Crippen MR) is 89.3 cm³/mol. The first kappa shape index (κ1) is 18.9. The van der Waals surface area contributed by atoms with Gasteiger partial charge in [0.2, 0.25) is 0 Å². The lowest BCUT2D eigenvalue weighted by molar-refractivity contribution is -0.384. The number of aromatic carboxylic acids is 1. The van der Waals surface area contributed by atoms with Crippen molar-refractivity contribution in [2.75, 3.05) is 0 Å². The summed E-state index contributed by atoms with van der Waals surface area (Å²) in [5.74, 6) is -2.06. The molecule has 1 heterocycles. The Bertz CT molecular complexity index is 1070. The molecule has 0 radical (unpaired) electrons. The molecular weight excluding hydrogens is 383 g/mol. The minimum absolute atomic E-state index is 0.0219. The maximum Gasteiger partial charge on any atom is 0.435 e. The van der Waals surface area contributed by atoms with Crippen LogP contribution in [-0.2, 0) is 6.18 Å². The number of hydrogen-bond donors (Lipinski definition) is 2. The van der Waals surface area contributed by atoms with Gasteiger partial charge in [0.15, 0.2) is 5.69 Å². The van der Waals surface area contributed by atoms with Crippen LogP contribution in [0, 0.1) is 10.1 Å². The highest BCUT2D eigenvalue weighted by Crippen LogP contribution is 2.34. The van der Waals surface area contributed by atoms with Crippen LogP contribution in [0.3, 0.4) is 0 Å². The number of aromatic hydroxyl groups is 1. The molecule has 0 aliphatic carbocycles. The van der Waals surface area contributed by atoms with E-state index in [0.29, 0.717) is 0 Å². The Labute approximate surface area is 154 Å². The van der Waals surface area contributed by atoms with Crippen LogP contribution in [0.2, 0.25) is 0 Å². The summed E-state index contributed by atoms with van der Waals surface area (Å²) in [5.41, 5.74) is -1.76. The molecule has 0 unspecified atom stereocenters. The van der Waals surface area contributed by atoms with Gasteiger partial charge in [-0.25, -0.2) is 9.48 Å². The summed E-state index contributed by atoms with van der Waals surface area (Å²) in [7, 11) is 0. The fourth-order valence-corrected chi connectivity index (χ4v) is 2.51. The second kappa shape index (κ2) is 6.68. The standard InChI is InChI=1S/C17H10F3N3O5/c18-17(19,20)15-8-13(9-1-3-10(4-2-9)23(27)28)22(21-15)11-5-6-12(16(25)26)14(24)7-11/h1-8,24H,(H,25,26). The number of rotatable bonds is 4. The van der Waals surface area contributed by atoms with E-state index in [2.05, 4.69) is 5.10 Å². The predicted octanol–water partition coefficient (Wildman–Crippen LogP) is 3.87. The molecule has 2 aromatic carbocycles. The van der Waals surface area contributed by atoms with E-state index < -0.39 is 34.1 Å². The molecule has 0 saturated heterocycles. The zero-order valence-corrected chi connectivity index (χ0v) is 13.7. The van der Waals surface area contributed by atoms with Crippen LogP contribution in [0.4, 0.5) is 18.9 Å². The summed E-state index contributed by atoms with van der Waals surface area (Å²) < 4.78 is 40.3. The van der Waals surface area contributed by atoms with Gasteiger partial charge in [0.25, 0.3) is 5.69 Å². The number of alkyl halides is 3. The number of nitrogens with zero attached hydrogens (tertiary/aromatic N) is 3. The van der Waals surface area contributed by atoms with Crippen LogP contribution in [0.1, 0.15) is 16.1 Å². The quantitative estimate of drug-likeness (QED) is 0.513. The molecule has 0 bridgehead atoms. The molecule has 8 nitrogen and oxygen atoms in total. The highest BCUT2D eigenvalue weighted by atomic mass is 19.4. The number of benzene rings is 2. The zero-order valence-electron chi connectivity index (χ0n) is 13.7. The van der Waals surface area contributed by atoms with Crippen molar-refractivity contribution in [3.05, 3.63) is 69.9 Å². The number of hydrogen-bond acceptors (Lipinski definition) is 5. The van der Waals surface area contributed by atoms with E-state index in [-0.39, 0.29) is 22.6 Å². The highest BCUT2D eigenvalue weighted by Gasteiger charge is 2.35. The monoisotopic (exact) mass is 393 g/mol. The minimum atomic E-state index is -4.76. The van der Waals surface area contributed by atoms with Crippen LogP contribution in [0.5, 0.6) is 5.75 Å². The van der Waals surface area contributed by atoms with Crippen molar-refractivity contribution < 1.29 is 33.1 Å². The number of non-ortho nitro benzene ring substituents is 1. The lowest BCUT2D eigenvalue weighted by Crippen LogP contribution is -2.07. The van der Waals surface area contributed by atoms with Crippen molar-refractivity contribution >= 4 is 11.7 Å². The lowest BCUT2D eigenvalue weighted by Gasteiger charge is -2.09. The first-order valence-electron chi connectivity index (χ1n) is 7.56. The second-order valence-electron chi connectivity index (χ2n) is 5.63. The van der Waals surface area contributed by atoms with Crippen LogP contribution < -0.4 is 0 Å². The van der Waals surface area contributed by atoms with Crippen LogP contribution in [0.25, 0.3) is 16.9 Å². The second-order valence-corrected chi connectivity index (χ2v) is 5.63. The van der Waals surface area contributed by atoms with Crippen molar-refractivity contribution in [1.82, 2.24) is 9.78 Å². The average Bonchev–Trinajstić information content (AvgIpc) is 3.07. The van der Waals surface area contributed by atoms with E-state index in [1.54, 1.807) is 0 Å². The van der Waals surface area contributed by atoms with E-state index >= 15 is 0 Å². The first-order valence-corrected chi connectivity index (χ1v) is 7.56. The Morgan fingerprint density at radius 2 is 1.75 bits per heavy atom. The molecule has 1 aromatic heterocycles. The van der Waals surface area contributed by atoms with Crippen LogP contribution >= 0.6 is 0 Å². The van der Waals surface area contributed by atoms with Gasteiger partial charge in [-0.3, -0.25) is 10.1 Å². The lowest BCUT2D eigenvalue weighted by atomic mass is 10.1. The number of nitro benzene ring substituents is 1. The third-order valence-corrected chi connectivity index (χ3v) is 3.83. The maximum absolute atomic E-state index is 13.1. The average molecular weight is 393 g/mol. The van der Waals surface area contributed by atoms with E-state index in [1.807, 2.05) is 0 Å². The van der Waals surface area contributed by atoms with Gasteiger partial charge in [0, 0.05) is 23.8 Å². The normalized spacial score (nSPS) is 11.4. The minimum Gasteiger partial charge on any atom is -0.507 e. The van der Waals surface area contributed by atoms with Crippen molar-refractivity contribution in [3.8, 4) is 22.7 Å². The first-order chi connectivity index (χ1) is 13.1. The molecule has 2 N–H and O–H groups in total. The molecule has 28 heavy (non-hydrogen) atoms. The summed E-state index contributed by atoms with van der Waals surface area (Å²) in [4.78, 5) is 21.1. The smallest absolute Gasteiger partial charge is 0.435 e. The fourth-order valence-electron chi connectivity index (χ4n) is 2.51. The number of phenols is 1. The summed E-state index contributed by atoms with van der Waals surface area (Å²) in [6, 6.07) is 8.71. The molecular formula is C17H10F3N3O5. The molecule has 0 aliphatic heterocycles. The van der Waals surface area contributed by atoms with Gasteiger partial charge in [0.05, 0.1) is 16.3 Å². The zero-order chi connectivity index (χ0) is 20.6. The van der Waals surface area contributed by atoms with Gasteiger partial charge in [-0.2, -0.15) is 18.3 Å². The van der Waals surface area contributed by atoms with E-state index in [4.69, 9.17) is 5.11 Å². The largest absolute Gasteiger partial charge is 0.507 e. The molecule has 0 spiro atoms. The third kappa shape index (κ3) is 3.49. The van der Waals surface area contributed by atoms with Crippen molar-refractivity contribution in [2.24, 2.45) is 0 Å². The highest BCUT2D eigenvalue weighted by molar-refractivity contribution is 5.91. The Kier molecular flexibility index (Phi) is 4.51. The Hall–Kier alpha value is -3.89. The van der Waals surface area contributed by atoms with Gasteiger partial charge in [0.1, 0.15) is 11.3 Å². The van der Waals surface area contributed by atoms with Crippen LogP contribution in [0.15, 0.2) is 48.5 Å². The van der Waals surface area contributed by atoms with Gasteiger partial charge in [-0.1, -0.05) is 0 Å². The Morgan fingerprint density at radius 3 is 2.25 bits per heavy atom. The Balaban J connectivity index is 2.17. The Morgan fingerprint density at radius 1 is 1.11 bits per heavy atom. The van der Waals surface area contributed by atoms with Gasteiger partial charge in [-0.15, -0.1) is 0 Å². The number of carboxylic acid groups (broad SMARTS) is 1. The van der Waals surface area contributed by atoms with E-state index in [1.165, 1.54) is 18.2 Å². The molecule has 0 aliphatic rings. The number of carboxylic acids is 1. The fraction of sp³-hybridized carbons (Fsp3) is 0.0588. The summed E-state index contributed by atoms with van der Waals surface area (Å²) in [6.07, 6.45) is -4.76. The maximum atomic E-state index is 13.1. The SMILES string of the molecule is O=C(O)c1ccc(-n2nc(C(F)(F)F)cc2-c2ccc([N+](=O)[O-])cc2)cc1O. The van der Waals surface area contributed by atoms with Gasteiger partial charge < -0.3 is 10.2 Å². The molecule has 0 atom stereocenters. The summed E-state index contributed by atoms with van der Waals surface area (Å²) >= 11 is 0. The van der Waals surface area contributed by atoms with Crippen LogP contribution in [-0.4, -0.2) is 30.9 Å². The van der Waals surface area contributed by atoms with Crippen molar-refractivity contribution in [1.29, 1.82) is 0 Å². The number of carbonyl (C=O) groups is 1. The third-order valence-electron chi connectivity index (χ3n) is 3.83. The van der Waals surface area contributed by atoms with Crippen molar-refractivity contribution in [3.63, 3.8) is 0 Å². The molecule has 11 heteroatoms. The molecule has 144 valence electrons. The van der Waals surface area contributed by atoms with Gasteiger partial charge >= 0.3 is 12.1 Å². The number of halogens is 3. The number of nitro groups is 1. The van der Waals surface area contributed by atoms with Crippen molar-refractivity contribution in [2.45, 2.75) is 6.18 Å². The van der Waals surface area contributed by atoms with E-state index in [0.717, 1.165) is 35.0 Å². The van der Waals surface area contributed by atoms with Gasteiger partial charge in [-0.05, 0) is 30.3 Å².